The number of hydrogen-bond acceptors (Lipinski definition) is 5. The van der Waals surface area contributed by atoms with E-state index in [1.165, 1.54) is 0 Å². The van der Waals surface area contributed by atoms with Gasteiger partial charge >= 0.3 is 0 Å². The fourth-order valence-corrected chi connectivity index (χ4v) is 2.00. The highest BCUT2D eigenvalue weighted by Crippen LogP contribution is 2.11. The Kier molecular flexibility index (Phi) is 3.42. The largest absolute Gasteiger partial charge is 0.342 e. The van der Waals surface area contributed by atoms with E-state index < -0.39 is 0 Å². The van der Waals surface area contributed by atoms with Crippen LogP contribution < -0.4 is 10.6 Å². The second-order valence-electron chi connectivity index (χ2n) is 4.85. The fourth-order valence-electron chi connectivity index (χ4n) is 2.00. The molecule has 0 spiro atoms. The van der Waals surface area contributed by atoms with Crippen LogP contribution >= 0.6 is 0 Å². The minimum atomic E-state index is -0.235. The van der Waals surface area contributed by atoms with Crippen molar-refractivity contribution in [3.05, 3.63) is 42.0 Å². The topological polar surface area (TPSA) is 84.7 Å². The molecular formula is C13H16N6O. The summed E-state index contributed by atoms with van der Waals surface area (Å²) in [6, 6.07) is 5.75. The SMILES string of the molecule is C[C@H](NC(=O)c1cn(C2CNC2)nn1)c1ccccn1. The molecule has 1 aliphatic rings. The molecule has 104 valence electrons. The van der Waals surface area contributed by atoms with Gasteiger partial charge in [-0.1, -0.05) is 11.3 Å². The number of amides is 1. The first-order chi connectivity index (χ1) is 9.74. The van der Waals surface area contributed by atoms with E-state index in [4.69, 9.17) is 0 Å². The van der Waals surface area contributed by atoms with Gasteiger partial charge in [-0.15, -0.1) is 5.10 Å². The average Bonchev–Trinajstić information content (AvgIpc) is 2.87. The van der Waals surface area contributed by atoms with Gasteiger partial charge in [-0.3, -0.25) is 9.78 Å². The van der Waals surface area contributed by atoms with Gasteiger partial charge in [0.2, 0.25) is 0 Å². The van der Waals surface area contributed by atoms with E-state index in [1.54, 1.807) is 17.1 Å². The van der Waals surface area contributed by atoms with Crippen molar-refractivity contribution < 1.29 is 4.79 Å². The van der Waals surface area contributed by atoms with Crippen LogP contribution in [0, 0.1) is 0 Å². The molecule has 0 saturated carbocycles. The van der Waals surface area contributed by atoms with Gasteiger partial charge in [0, 0.05) is 19.3 Å². The second kappa shape index (κ2) is 5.38. The number of rotatable bonds is 4. The van der Waals surface area contributed by atoms with Crippen LogP contribution in [0.25, 0.3) is 0 Å². The molecule has 1 saturated heterocycles. The summed E-state index contributed by atoms with van der Waals surface area (Å²) in [5.41, 5.74) is 1.15. The van der Waals surface area contributed by atoms with E-state index in [0.717, 1.165) is 18.8 Å². The van der Waals surface area contributed by atoms with E-state index >= 15 is 0 Å². The third-order valence-electron chi connectivity index (χ3n) is 3.36. The highest BCUT2D eigenvalue weighted by atomic mass is 16.2. The van der Waals surface area contributed by atoms with Gasteiger partial charge < -0.3 is 10.6 Å². The molecule has 3 rings (SSSR count). The van der Waals surface area contributed by atoms with Crippen LogP contribution in [0.3, 0.4) is 0 Å². The van der Waals surface area contributed by atoms with Gasteiger partial charge in [0.1, 0.15) is 0 Å². The summed E-state index contributed by atoms with van der Waals surface area (Å²) in [5, 5.41) is 13.9. The zero-order chi connectivity index (χ0) is 13.9. The first-order valence-corrected chi connectivity index (χ1v) is 6.58. The van der Waals surface area contributed by atoms with Crippen molar-refractivity contribution in [1.29, 1.82) is 0 Å². The van der Waals surface area contributed by atoms with Crippen LogP contribution in [0.1, 0.15) is 35.2 Å². The summed E-state index contributed by atoms with van der Waals surface area (Å²) < 4.78 is 1.73. The third kappa shape index (κ3) is 2.53. The highest BCUT2D eigenvalue weighted by molar-refractivity contribution is 5.92. The molecule has 2 N–H and O–H groups in total. The van der Waals surface area contributed by atoms with Crippen molar-refractivity contribution in [1.82, 2.24) is 30.6 Å². The Bertz CT molecular complexity index is 592. The van der Waals surface area contributed by atoms with Crippen LogP contribution in [-0.4, -0.2) is 39.0 Å². The molecule has 2 aromatic rings. The lowest BCUT2D eigenvalue weighted by atomic mass is 10.2. The maximum atomic E-state index is 12.1. The molecule has 2 aromatic heterocycles. The first-order valence-electron chi connectivity index (χ1n) is 6.58. The third-order valence-corrected chi connectivity index (χ3v) is 3.36. The Hall–Kier alpha value is -2.28. The van der Waals surface area contributed by atoms with Gasteiger partial charge in [0.15, 0.2) is 5.69 Å². The van der Waals surface area contributed by atoms with Crippen molar-refractivity contribution in [3.8, 4) is 0 Å². The fraction of sp³-hybridized carbons (Fsp3) is 0.385. The molecule has 0 aromatic carbocycles. The van der Waals surface area contributed by atoms with Gasteiger partial charge in [0.05, 0.1) is 24.0 Å². The summed E-state index contributed by atoms with van der Waals surface area (Å²) in [6.45, 7) is 3.63. The van der Waals surface area contributed by atoms with Crippen molar-refractivity contribution in [3.63, 3.8) is 0 Å². The molecule has 3 heterocycles. The Morgan fingerprint density at radius 2 is 2.35 bits per heavy atom. The maximum absolute atomic E-state index is 12.1. The van der Waals surface area contributed by atoms with Gasteiger partial charge in [-0.2, -0.15) is 0 Å². The Morgan fingerprint density at radius 1 is 1.50 bits per heavy atom. The zero-order valence-corrected chi connectivity index (χ0v) is 11.2. The molecular weight excluding hydrogens is 256 g/mol. The number of nitrogens with one attached hydrogen (secondary N) is 2. The summed E-state index contributed by atoms with van der Waals surface area (Å²) in [7, 11) is 0. The molecule has 20 heavy (non-hydrogen) atoms. The van der Waals surface area contributed by atoms with E-state index in [9.17, 15) is 4.79 Å². The highest BCUT2D eigenvalue weighted by Gasteiger charge is 2.22. The predicted octanol–water partition coefficient (Wildman–Crippen LogP) is 0.308. The summed E-state index contributed by atoms with van der Waals surface area (Å²) >= 11 is 0. The number of carbonyl (C=O) groups is 1. The number of hydrogen-bond donors (Lipinski definition) is 2. The zero-order valence-electron chi connectivity index (χ0n) is 11.2. The van der Waals surface area contributed by atoms with Gasteiger partial charge in [-0.25, -0.2) is 4.68 Å². The molecule has 0 unspecified atom stereocenters. The minimum Gasteiger partial charge on any atom is -0.342 e. The normalized spacial score (nSPS) is 16.4. The quantitative estimate of drug-likeness (QED) is 0.836. The lowest BCUT2D eigenvalue weighted by Crippen LogP contribution is -2.43. The number of carbonyl (C=O) groups excluding carboxylic acids is 1. The van der Waals surface area contributed by atoms with Crippen LogP contribution in [0.4, 0.5) is 0 Å². The lowest BCUT2D eigenvalue weighted by molar-refractivity contribution is 0.0934. The molecule has 1 fully saturated rings. The van der Waals surface area contributed by atoms with Crippen molar-refractivity contribution >= 4 is 5.91 Å². The number of pyridine rings is 1. The van der Waals surface area contributed by atoms with Crippen LogP contribution in [0.2, 0.25) is 0 Å². The first kappa shape index (κ1) is 12.7. The van der Waals surface area contributed by atoms with E-state index in [-0.39, 0.29) is 11.9 Å². The average molecular weight is 272 g/mol. The van der Waals surface area contributed by atoms with E-state index in [0.29, 0.717) is 11.7 Å². The standard InChI is InChI=1S/C13H16N6O/c1-9(11-4-2-3-5-15-11)16-13(20)12-8-19(18-17-12)10-6-14-7-10/h2-5,8-10,14H,6-7H2,1H3,(H,16,20)/t9-/m0/s1. The molecule has 7 nitrogen and oxygen atoms in total. The number of nitrogens with zero attached hydrogens (tertiary/aromatic N) is 4. The maximum Gasteiger partial charge on any atom is 0.273 e. The smallest absolute Gasteiger partial charge is 0.273 e. The van der Waals surface area contributed by atoms with Crippen LogP contribution in [-0.2, 0) is 0 Å². The monoisotopic (exact) mass is 272 g/mol. The molecule has 1 atom stereocenters. The summed E-state index contributed by atoms with van der Waals surface area (Å²) in [5.74, 6) is -0.235. The summed E-state index contributed by atoms with van der Waals surface area (Å²) in [4.78, 5) is 16.3. The molecule has 0 bridgehead atoms. The predicted molar refractivity (Wildman–Crippen MR) is 72.0 cm³/mol. The Morgan fingerprint density at radius 3 is 3.00 bits per heavy atom. The van der Waals surface area contributed by atoms with Crippen molar-refractivity contribution in [2.24, 2.45) is 0 Å². The summed E-state index contributed by atoms with van der Waals surface area (Å²) in [6.07, 6.45) is 3.39. The molecule has 1 aliphatic heterocycles. The van der Waals surface area contributed by atoms with E-state index in [2.05, 4.69) is 25.9 Å². The molecule has 0 radical (unpaired) electrons. The Labute approximate surface area is 116 Å². The van der Waals surface area contributed by atoms with Crippen LogP contribution in [0.15, 0.2) is 30.6 Å². The van der Waals surface area contributed by atoms with Gasteiger partial charge in [0.25, 0.3) is 5.91 Å². The molecule has 1 amide bonds. The van der Waals surface area contributed by atoms with E-state index in [1.807, 2.05) is 25.1 Å². The lowest BCUT2D eigenvalue weighted by Gasteiger charge is -2.26. The Balaban J connectivity index is 1.65. The molecule has 7 heteroatoms. The minimum absolute atomic E-state index is 0.167. The van der Waals surface area contributed by atoms with Crippen molar-refractivity contribution in [2.45, 2.75) is 19.0 Å². The molecule has 0 aliphatic carbocycles. The van der Waals surface area contributed by atoms with Crippen LogP contribution in [0.5, 0.6) is 0 Å². The van der Waals surface area contributed by atoms with Gasteiger partial charge in [-0.05, 0) is 19.1 Å². The van der Waals surface area contributed by atoms with Crippen molar-refractivity contribution in [2.75, 3.05) is 13.1 Å². The second-order valence-corrected chi connectivity index (χ2v) is 4.85. The number of aromatic nitrogens is 4.